The first-order valence-electron chi connectivity index (χ1n) is 5.64. The molecule has 0 spiro atoms. The number of thiophene rings is 1. The van der Waals surface area contributed by atoms with Crippen molar-refractivity contribution in [3.05, 3.63) is 22.4 Å². The maximum atomic E-state index is 11.5. The van der Waals surface area contributed by atoms with Gasteiger partial charge in [0.05, 0.1) is 0 Å². The zero-order chi connectivity index (χ0) is 12.0. The van der Waals surface area contributed by atoms with Crippen LogP contribution >= 0.6 is 11.3 Å². The summed E-state index contributed by atoms with van der Waals surface area (Å²) in [6.07, 6.45) is 1.04. The van der Waals surface area contributed by atoms with Gasteiger partial charge in [-0.3, -0.25) is 0 Å². The molecule has 16 heavy (non-hydrogen) atoms. The lowest BCUT2D eigenvalue weighted by Crippen LogP contribution is -2.39. The van der Waals surface area contributed by atoms with Crippen molar-refractivity contribution in [2.75, 3.05) is 20.1 Å². The molecular formula is C12H20N2OS. The van der Waals surface area contributed by atoms with Crippen LogP contribution in [0.1, 0.15) is 18.7 Å². The van der Waals surface area contributed by atoms with Crippen molar-refractivity contribution in [2.45, 2.75) is 20.3 Å². The van der Waals surface area contributed by atoms with Gasteiger partial charge in [-0.1, -0.05) is 13.0 Å². The highest BCUT2D eigenvalue weighted by molar-refractivity contribution is 7.09. The molecule has 0 fully saturated rings. The molecule has 1 rings (SSSR count). The van der Waals surface area contributed by atoms with E-state index in [1.807, 2.05) is 6.92 Å². The average Bonchev–Trinajstić information content (AvgIpc) is 2.77. The highest BCUT2D eigenvalue weighted by Gasteiger charge is 2.09. The molecule has 1 aromatic rings. The van der Waals surface area contributed by atoms with Crippen LogP contribution in [-0.2, 0) is 6.42 Å². The van der Waals surface area contributed by atoms with Crippen molar-refractivity contribution in [3.63, 3.8) is 0 Å². The lowest BCUT2D eigenvalue weighted by atomic mass is 10.1. The standard InChI is InChI=1S/C12H20N2OS/c1-4-14(3)12(15)13-9-10(2)8-11-6-5-7-16-11/h5-7,10H,4,8-9H2,1-3H3,(H,13,15). The fourth-order valence-electron chi connectivity index (χ4n) is 1.38. The minimum absolute atomic E-state index is 0.0144. The van der Waals surface area contributed by atoms with Crippen LogP contribution in [0.5, 0.6) is 0 Å². The molecule has 3 nitrogen and oxygen atoms in total. The van der Waals surface area contributed by atoms with E-state index in [1.165, 1.54) is 4.88 Å². The monoisotopic (exact) mass is 240 g/mol. The van der Waals surface area contributed by atoms with Crippen LogP contribution < -0.4 is 5.32 Å². The third kappa shape index (κ3) is 4.23. The van der Waals surface area contributed by atoms with Crippen molar-refractivity contribution < 1.29 is 4.79 Å². The number of carbonyl (C=O) groups excluding carboxylic acids is 1. The SMILES string of the molecule is CCN(C)C(=O)NCC(C)Cc1cccs1. The lowest BCUT2D eigenvalue weighted by molar-refractivity contribution is 0.209. The van der Waals surface area contributed by atoms with Crippen molar-refractivity contribution in [1.82, 2.24) is 10.2 Å². The number of nitrogens with one attached hydrogen (secondary N) is 1. The van der Waals surface area contributed by atoms with E-state index in [0.717, 1.165) is 19.5 Å². The molecule has 1 heterocycles. The van der Waals surface area contributed by atoms with Gasteiger partial charge < -0.3 is 10.2 Å². The molecule has 1 aromatic heterocycles. The topological polar surface area (TPSA) is 32.3 Å². The second-order valence-electron chi connectivity index (χ2n) is 4.09. The Hall–Kier alpha value is -1.03. The normalized spacial score (nSPS) is 12.2. The van der Waals surface area contributed by atoms with Gasteiger partial charge >= 0.3 is 6.03 Å². The first-order chi connectivity index (χ1) is 7.63. The third-order valence-electron chi connectivity index (χ3n) is 2.55. The van der Waals surface area contributed by atoms with Gasteiger partial charge in [-0.05, 0) is 30.7 Å². The number of hydrogen-bond donors (Lipinski definition) is 1. The number of carbonyl (C=O) groups is 1. The van der Waals surface area contributed by atoms with Crippen molar-refractivity contribution in [3.8, 4) is 0 Å². The van der Waals surface area contributed by atoms with E-state index >= 15 is 0 Å². The molecule has 90 valence electrons. The Labute approximate surface area is 101 Å². The molecule has 0 radical (unpaired) electrons. The quantitative estimate of drug-likeness (QED) is 0.843. The third-order valence-corrected chi connectivity index (χ3v) is 3.45. The predicted molar refractivity (Wildman–Crippen MR) is 68.9 cm³/mol. The van der Waals surface area contributed by atoms with E-state index in [4.69, 9.17) is 0 Å². The van der Waals surface area contributed by atoms with E-state index in [0.29, 0.717) is 5.92 Å². The molecule has 1 unspecified atom stereocenters. The van der Waals surface area contributed by atoms with Gasteiger partial charge in [-0.25, -0.2) is 4.79 Å². The summed E-state index contributed by atoms with van der Waals surface area (Å²) in [5.41, 5.74) is 0. The van der Waals surface area contributed by atoms with E-state index in [1.54, 1.807) is 23.3 Å². The van der Waals surface area contributed by atoms with Crippen LogP contribution in [-0.4, -0.2) is 31.1 Å². The minimum atomic E-state index is 0.0144. The molecule has 0 bridgehead atoms. The summed E-state index contributed by atoms with van der Waals surface area (Å²) in [4.78, 5) is 14.6. The molecule has 0 saturated heterocycles. The Balaban J connectivity index is 2.25. The largest absolute Gasteiger partial charge is 0.338 e. The van der Waals surface area contributed by atoms with Gasteiger partial charge in [0.25, 0.3) is 0 Å². The van der Waals surface area contributed by atoms with E-state index in [9.17, 15) is 4.79 Å². The molecular weight excluding hydrogens is 220 g/mol. The Morgan fingerprint density at radius 3 is 2.94 bits per heavy atom. The second kappa shape index (κ2) is 6.53. The molecule has 4 heteroatoms. The maximum Gasteiger partial charge on any atom is 0.317 e. The van der Waals surface area contributed by atoms with Gasteiger partial charge in [0, 0.05) is 25.0 Å². The first-order valence-corrected chi connectivity index (χ1v) is 6.52. The number of rotatable bonds is 5. The van der Waals surface area contributed by atoms with Crippen LogP contribution in [0.15, 0.2) is 17.5 Å². The van der Waals surface area contributed by atoms with E-state index < -0.39 is 0 Å². The Bertz CT molecular complexity index is 311. The molecule has 0 aliphatic carbocycles. The fourth-order valence-corrected chi connectivity index (χ4v) is 2.25. The smallest absolute Gasteiger partial charge is 0.317 e. The number of urea groups is 1. The highest BCUT2D eigenvalue weighted by atomic mass is 32.1. The molecule has 0 saturated carbocycles. The summed E-state index contributed by atoms with van der Waals surface area (Å²) in [5, 5.41) is 5.03. The summed E-state index contributed by atoms with van der Waals surface area (Å²) >= 11 is 1.77. The van der Waals surface area contributed by atoms with Crippen molar-refractivity contribution in [2.24, 2.45) is 5.92 Å². The van der Waals surface area contributed by atoms with E-state index in [-0.39, 0.29) is 6.03 Å². The average molecular weight is 240 g/mol. The van der Waals surface area contributed by atoms with Crippen LogP contribution in [0, 0.1) is 5.92 Å². The zero-order valence-corrected chi connectivity index (χ0v) is 11.0. The first kappa shape index (κ1) is 13.0. The second-order valence-corrected chi connectivity index (χ2v) is 5.12. The fraction of sp³-hybridized carbons (Fsp3) is 0.583. The Kier molecular flexibility index (Phi) is 5.32. The van der Waals surface area contributed by atoms with Gasteiger partial charge in [-0.15, -0.1) is 11.3 Å². The molecule has 1 atom stereocenters. The zero-order valence-electron chi connectivity index (χ0n) is 10.2. The van der Waals surface area contributed by atoms with Gasteiger partial charge in [0.1, 0.15) is 0 Å². The van der Waals surface area contributed by atoms with Crippen molar-refractivity contribution >= 4 is 17.4 Å². The van der Waals surface area contributed by atoms with Crippen LogP contribution in [0.25, 0.3) is 0 Å². The summed E-state index contributed by atoms with van der Waals surface area (Å²) in [6, 6.07) is 4.22. The van der Waals surface area contributed by atoms with Gasteiger partial charge in [0.2, 0.25) is 0 Å². The van der Waals surface area contributed by atoms with Crippen LogP contribution in [0.2, 0.25) is 0 Å². The van der Waals surface area contributed by atoms with Crippen molar-refractivity contribution in [1.29, 1.82) is 0 Å². The number of amides is 2. The summed E-state index contributed by atoms with van der Waals surface area (Å²) in [7, 11) is 1.80. The maximum absolute atomic E-state index is 11.5. The number of nitrogens with zero attached hydrogens (tertiary/aromatic N) is 1. The highest BCUT2D eigenvalue weighted by Crippen LogP contribution is 2.13. The van der Waals surface area contributed by atoms with Gasteiger partial charge in [-0.2, -0.15) is 0 Å². The Morgan fingerprint density at radius 1 is 1.62 bits per heavy atom. The molecule has 1 N–H and O–H groups in total. The van der Waals surface area contributed by atoms with Gasteiger partial charge in [0.15, 0.2) is 0 Å². The summed E-state index contributed by atoms with van der Waals surface area (Å²) in [6.45, 7) is 5.60. The Morgan fingerprint density at radius 2 is 2.38 bits per heavy atom. The van der Waals surface area contributed by atoms with E-state index in [2.05, 4.69) is 29.8 Å². The minimum Gasteiger partial charge on any atom is -0.338 e. The molecule has 0 aromatic carbocycles. The predicted octanol–water partition coefficient (Wildman–Crippen LogP) is 2.59. The summed E-state index contributed by atoms with van der Waals surface area (Å²) < 4.78 is 0. The molecule has 0 aliphatic rings. The van der Waals surface area contributed by atoms with Crippen LogP contribution in [0.3, 0.4) is 0 Å². The molecule has 2 amide bonds. The van der Waals surface area contributed by atoms with Crippen LogP contribution in [0.4, 0.5) is 4.79 Å². The molecule has 0 aliphatic heterocycles. The number of hydrogen-bond acceptors (Lipinski definition) is 2. The lowest BCUT2D eigenvalue weighted by Gasteiger charge is -2.17. The summed E-state index contributed by atoms with van der Waals surface area (Å²) in [5.74, 6) is 0.479.